The van der Waals surface area contributed by atoms with Crippen molar-refractivity contribution in [3.63, 3.8) is 0 Å². The first-order chi connectivity index (χ1) is 9.15. The van der Waals surface area contributed by atoms with Crippen LogP contribution in [0, 0.1) is 11.8 Å². The summed E-state index contributed by atoms with van der Waals surface area (Å²) in [6, 6.07) is 0.310. The lowest BCUT2D eigenvalue weighted by Crippen LogP contribution is -2.32. The molecule has 104 valence electrons. The highest BCUT2D eigenvalue weighted by Gasteiger charge is 2.29. The maximum Gasteiger partial charge on any atom is 0.291 e. The number of aromatic nitrogens is 2. The molecule has 2 aliphatic carbocycles. The first-order valence-corrected chi connectivity index (χ1v) is 7.55. The van der Waals surface area contributed by atoms with Crippen molar-refractivity contribution >= 4 is 17.3 Å². The van der Waals surface area contributed by atoms with Gasteiger partial charge in [-0.2, -0.15) is 5.10 Å². The molecule has 2 fully saturated rings. The fourth-order valence-corrected chi connectivity index (χ4v) is 2.77. The highest BCUT2D eigenvalue weighted by atomic mass is 35.5. The maximum atomic E-state index is 12.4. The predicted octanol–water partition coefficient (Wildman–Crippen LogP) is 2.91. The molecule has 5 heteroatoms. The van der Waals surface area contributed by atoms with Crippen LogP contribution < -0.4 is 10.9 Å². The number of anilines is 1. The van der Waals surface area contributed by atoms with Crippen LogP contribution in [0.2, 0.25) is 5.02 Å². The van der Waals surface area contributed by atoms with Gasteiger partial charge in [-0.15, -0.1) is 0 Å². The maximum absolute atomic E-state index is 12.4. The third-order valence-corrected chi connectivity index (χ3v) is 4.64. The molecule has 0 radical (unpaired) electrons. The molecule has 2 aliphatic rings. The number of nitrogens with zero attached hydrogens (tertiary/aromatic N) is 2. The van der Waals surface area contributed by atoms with Gasteiger partial charge in [0.15, 0.2) is 0 Å². The van der Waals surface area contributed by atoms with E-state index in [0.29, 0.717) is 28.6 Å². The van der Waals surface area contributed by atoms with Crippen molar-refractivity contribution in [3.05, 3.63) is 21.6 Å². The Balaban J connectivity index is 1.80. The monoisotopic (exact) mass is 281 g/mol. The molecule has 1 aromatic rings. The topological polar surface area (TPSA) is 46.9 Å². The van der Waals surface area contributed by atoms with Gasteiger partial charge < -0.3 is 5.32 Å². The Morgan fingerprint density at radius 1 is 1.47 bits per heavy atom. The Morgan fingerprint density at radius 3 is 2.79 bits per heavy atom. The third kappa shape index (κ3) is 2.78. The quantitative estimate of drug-likeness (QED) is 0.903. The van der Waals surface area contributed by atoms with Crippen LogP contribution in [-0.2, 0) is 6.54 Å². The van der Waals surface area contributed by atoms with Crippen molar-refractivity contribution in [1.29, 1.82) is 0 Å². The second-order valence-electron chi connectivity index (χ2n) is 5.92. The van der Waals surface area contributed by atoms with E-state index in [4.69, 9.17) is 11.6 Å². The summed E-state index contributed by atoms with van der Waals surface area (Å²) < 4.78 is 1.57. The lowest BCUT2D eigenvalue weighted by molar-refractivity contribution is 0.262. The average Bonchev–Trinajstić information content (AvgIpc) is 3.15. The first-order valence-electron chi connectivity index (χ1n) is 7.17. The minimum Gasteiger partial charge on any atom is -0.377 e. The van der Waals surface area contributed by atoms with Crippen molar-refractivity contribution in [1.82, 2.24) is 9.78 Å². The number of hydrogen-bond donors (Lipinski definition) is 1. The molecule has 1 unspecified atom stereocenters. The Morgan fingerprint density at radius 2 is 2.21 bits per heavy atom. The van der Waals surface area contributed by atoms with Crippen molar-refractivity contribution in [2.24, 2.45) is 11.8 Å². The van der Waals surface area contributed by atoms with E-state index in [9.17, 15) is 4.79 Å². The normalized spacial score (nSPS) is 20.9. The van der Waals surface area contributed by atoms with Crippen molar-refractivity contribution in [2.75, 3.05) is 5.32 Å². The van der Waals surface area contributed by atoms with E-state index in [1.165, 1.54) is 32.1 Å². The van der Waals surface area contributed by atoms with Crippen LogP contribution in [-0.4, -0.2) is 15.8 Å². The number of nitrogens with one attached hydrogen (secondary N) is 1. The van der Waals surface area contributed by atoms with Gasteiger partial charge in [0.05, 0.1) is 11.2 Å². The highest BCUT2D eigenvalue weighted by Crippen LogP contribution is 2.34. The van der Waals surface area contributed by atoms with E-state index in [1.807, 2.05) is 0 Å². The number of rotatable bonds is 5. The highest BCUT2D eigenvalue weighted by molar-refractivity contribution is 6.33. The molecule has 3 rings (SSSR count). The zero-order valence-electron chi connectivity index (χ0n) is 11.2. The van der Waals surface area contributed by atoms with E-state index in [2.05, 4.69) is 17.3 Å². The lowest BCUT2D eigenvalue weighted by Gasteiger charge is -2.25. The second-order valence-corrected chi connectivity index (χ2v) is 6.33. The average molecular weight is 282 g/mol. The zero-order valence-corrected chi connectivity index (χ0v) is 12.0. The summed E-state index contributed by atoms with van der Waals surface area (Å²) in [5, 5.41) is 7.88. The molecule has 0 aliphatic heterocycles. The Labute approximate surface area is 118 Å². The molecule has 0 saturated heterocycles. The molecule has 0 amide bonds. The minimum absolute atomic E-state index is 0.0769. The molecule has 1 N–H and O–H groups in total. The fourth-order valence-electron chi connectivity index (χ4n) is 2.59. The Bertz CT molecular complexity index is 520. The number of halogens is 1. The van der Waals surface area contributed by atoms with Crippen LogP contribution in [0.15, 0.2) is 11.0 Å². The van der Waals surface area contributed by atoms with Crippen LogP contribution >= 0.6 is 11.6 Å². The molecule has 19 heavy (non-hydrogen) atoms. The fraction of sp³-hybridized carbons (Fsp3) is 0.714. The summed E-state index contributed by atoms with van der Waals surface area (Å²) in [7, 11) is 0. The van der Waals surface area contributed by atoms with Crippen molar-refractivity contribution < 1.29 is 0 Å². The Hall–Kier alpha value is -1.03. The first kappa shape index (κ1) is 13.0. The molecule has 2 saturated carbocycles. The van der Waals surface area contributed by atoms with E-state index in [0.717, 1.165) is 6.54 Å². The Kier molecular flexibility index (Phi) is 3.52. The van der Waals surface area contributed by atoms with Crippen molar-refractivity contribution in [2.45, 2.75) is 51.6 Å². The van der Waals surface area contributed by atoms with E-state index in [1.54, 1.807) is 10.9 Å². The summed E-state index contributed by atoms with van der Waals surface area (Å²) in [6.45, 7) is 2.84. The zero-order chi connectivity index (χ0) is 13.4. The minimum atomic E-state index is -0.0769. The molecular formula is C14H20ClN3O. The van der Waals surface area contributed by atoms with Crippen molar-refractivity contribution in [3.8, 4) is 0 Å². The van der Waals surface area contributed by atoms with Crippen LogP contribution in [0.4, 0.5) is 5.69 Å². The summed E-state index contributed by atoms with van der Waals surface area (Å²) in [4.78, 5) is 12.4. The van der Waals surface area contributed by atoms with Gasteiger partial charge in [-0.3, -0.25) is 4.79 Å². The molecule has 0 bridgehead atoms. The lowest BCUT2D eigenvalue weighted by atomic mass is 9.85. The van der Waals surface area contributed by atoms with Gasteiger partial charge in [0.25, 0.3) is 5.56 Å². The summed E-state index contributed by atoms with van der Waals surface area (Å²) >= 11 is 6.12. The van der Waals surface area contributed by atoms with Crippen LogP contribution in [0.25, 0.3) is 0 Å². The van der Waals surface area contributed by atoms with Gasteiger partial charge in [-0.05, 0) is 44.4 Å². The summed E-state index contributed by atoms with van der Waals surface area (Å²) in [5.41, 5.74) is 0.447. The van der Waals surface area contributed by atoms with Gasteiger partial charge >= 0.3 is 0 Å². The standard InChI is InChI=1S/C14H20ClN3O/c1-9(11-5-6-11)17-13-12(15)7-16-18(14(13)19)8-10-3-2-4-10/h7,9-11,17H,2-6,8H2,1H3. The second kappa shape index (κ2) is 5.16. The molecule has 1 heterocycles. The van der Waals surface area contributed by atoms with Crippen LogP contribution in [0.1, 0.15) is 39.0 Å². The molecule has 4 nitrogen and oxygen atoms in total. The molecule has 0 aromatic carbocycles. The van der Waals surface area contributed by atoms with Gasteiger partial charge in [-0.25, -0.2) is 4.68 Å². The predicted molar refractivity (Wildman–Crippen MR) is 76.7 cm³/mol. The van der Waals surface area contributed by atoms with Gasteiger partial charge in [0.1, 0.15) is 5.69 Å². The van der Waals surface area contributed by atoms with E-state index in [-0.39, 0.29) is 5.56 Å². The van der Waals surface area contributed by atoms with E-state index >= 15 is 0 Å². The molecular weight excluding hydrogens is 262 g/mol. The molecule has 1 aromatic heterocycles. The van der Waals surface area contributed by atoms with Gasteiger partial charge in [0, 0.05) is 12.6 Å². The largest absolute Gasteiger partial charge is 0.377 e. The van der Waals surface area contributed by atoms with Gasteiger partial charge in [0.2, 0.25) is 0 Å². The van der Waals surface area contributed by atoms with Crippen LogP contribution in [0.3, 0.4) is 0 Å². The number of hydrogen-bond acceptors (Lipinski definition) is 3. The third-order valence-electron chi connectivity index (χ3n) is 4.35. The SMILES string of the molecule is CC(Nc1c(Cl)cnn(CC2CCC2)c1=O)C1CC1. The van der Waals surface area contributed by atoms with E-state index < -0.39 is 0 Å². The molecule has 1 atom stereocenters. The summed E-state index contributed by atoms with van der Waals surface area (Å²) in [5.74, 6) is 1.30. The summed E-state index contributed by atoms with van der Waals surface area (Å²) in [6.07, 6.45) is 7.76. The molecule has 0 spiro atoms. The smallest absolute Gasteiger partial charge is 0.291 e. The van der Waals surface area contributed by atoms with Gasteiger partial charge in [-0.1, -0.05) is 18.0 Å². The van der Waals surface area contributed by atoms with Crippen LogP contribution in [0.5, 0.6) is 0 Å².